The number of nitrogens with one attached hydrogen (secondary N) is 1. The fourth-order valence-electron chi connectivity index (χ4n) is 4.74. The van der Waals surface area contributed by atoms with Gasteiger partial charge in [0, 0.05) is 31.3 Å². The van der Waals surface area contributed by atoms with E-state index in [1.165, 1.54) is 23.9 Å². The number of benzene rings is 3. The molecule has 2 aliphatic heterocycles. The van der Waals surface area contributed by atoms with Gasteiger partial charge in [0.1, 0.15) is 5.82 Å². The van der Waals surface area contributed by atoms with Crippen LogP contribution in [-0.4, -0.2) is 29.0 Å². The minimum Gasteiger partial charge on any atom is -0.454 e. The van der Waals surface area contributed by atoms with E-state index in [-0.39, 0.29) is 30.9 Å². The molecule has 1 amide bonds. The monoisotopic (exact) mass is 577 g/mol. The van der Waals surface area contributed by atoms with Gasteiger partial charge in [-0.3, -0.25) is 14.2 Å². The molecular formula is C30H28FN3O6S. The SMILES string of the molecule is O=C(CCCCCn1c(SCc2cccc(F)c2)nc2cc3c(cc2c1=O)OCO3)NCc1ccc2c(c1)OCO2. The quantitative estimate of drug-likeness (QED) is 0.148. The van der Waals surface area contributed by atoms with Gasteiger partial charge in [0.25, 0.3) is 5.56 Å². The van der Waals surface area contributed by atoms with Crippen molar-refractivity contribution in [2.75, 3.05) is 13.6 Å². The lowest BCUT2D eigenvalue weighted by molar-refractivity contribution is -0.121. The summed E-state index contributed by atoms with van der Waals surface area (Å²) in [5, 5.41) is 3.94. The Kier molecular flexibility index (Phi) is 7.95. The lowest BCUT2D eigenvalue weighted by atomic mass is 10.1. The third kappa shape index (κ3) is 6.25. The highest BCUT2D eigenvalue weighted by Gasteiger charge is 2.19. The third-order valence-corrected chi connectivity index (χ3v) is 7.93. The molecule has 3 aromatic carbocycles. The Balaban J connectivity index is 1.07. The van der Waals surface area contributed by atoms with Crippen molar-refractivity contribution in [3.05, 3.63) is 81.9 Å². The van der Waals surface area contributed by atoms with Gasteiger partial charge in [-0.05, 0) is 54.3 Å². The van der Waals surface area contributed by atoms with Crippen LogP contribution in [0.5, 0.6) is 23.0 Å². The molecule has 0 aliphatic carbocycles. The summed E-state index contributed by atoms with van der Waals surface area (Å²) < 4.78 is 37.0. The molecule has 1 aromatic heterocycles. The van der Waals surface area contributed by atoms with E-state index < -0.39 is 0 Å². The lowest BCUT2D eigenvalue weighted by Gasteiger charge is -2.14. The van der Waals surface area contributed by atoms with E-state index in [1.807, 2.05) is 24.3 Å². The van der Waals surface area contributed by atoms with E-state index >= 15 is 0 Å². The number of hydrogen-bond acceptors (Lipinski definition) is 8. The highest BCUT2D eigenvalue weighted by Crippen LogP contribution is 2.35. The van der Waals surface area contributed by atoms with Crippen LogP contribution in [0.1, 0.15) is 36.8 Å². The van der Waals surface area contributed by atoms with Gasteiger partial charge in [-0.15, -0.1) is 0 Å². The van der Waals surface area contributed by atoms with Gasteiger partial charge in [0.2, 0.25) is 19.5 Å². The maximum atomic E-state index is 13.7. The summed E-state index contributed by atoms with van der Waals surface area (Å²) in [7, 11) is 0. The summed E-state index contributed by atoms with van der Waals surface area (Å²) in [5.74, 6) is 2.60. The number of ether oxygens (including phenoxy) is 4. The normalized spacial score (nSPS) is 13.1. The van der Waals surface area contributed by atoms with Crippen LogP contribution < -0.4 is 29.8 Å². The highest BCUT2D eigenvalue weighted by molar-refractivity contribution is 7.98. The molecule has 3 heterocycles. The van der Waals surface area contributed by atoms with Crippen LogP contribution in [0, 0.1) is 5.82 Å². The van der Waals surface area contributed by atoms with Crippen molar-refractivity contribution in [2.45, 2.75) is 49.7 Å². The Morgan fingerprint density at radius 1 is 0.902 bits per heavy atom. The van der Waals surface area contributed by atoms with E-state index in [0.717, 1.165) is 17.5 Å². The van der Waals surface area contributed by atoms with Gasteiger partial charge in [-0.25, -0.2) is 9.37 Å². The van der Waals surface area contributed by atoms with Crippen LogP contribution in [0.25, 0.3) is 10.9 Å². The number of nitrogens with zero attached hydrogens (tertiary/aromatic N) is 2. The van der Waals surface area contributed by atoms with E-state index in [9.17, 15) is 14.0 Å². The van der Waals surface area contributed by atoms with E-state index in [4.69, 9.17) is 23.9 Å². The number of halogens is 1. The zero-order chi connectivity index (χ0) is 28.2. The molecule has 0 fully saturated rings. The number of amides is 1. The molecule has 0 unspecified atom stereocenters. The average Bonchev–Trinajstić information content (AvgIpc) is 3.64. The third-order valence-electron chi connectivity index (χ3n) is 6.88. The second kappa shape index (κ2) is 12.1. The molecule has 0 saturated carbocycles. The van der Waals surface area contributed by atoms with Crippen LogP contribution in [0.2, 0.25) is 0 Å². The summed E-state index contributed by atoms with van der Waals surface area (Å²) in [6, 6.07) is 15.4. The van der Waals surface area contributed by atoms with Crippen molar-refractivity contribution in [1.82, 2.24) is 14.9 Å². The number of hydrogen-bond donors (Lipinski definition) is 1. The second-order valence-corrected chi connectivity index (χ2v) is 10.7. The minimum atomic E-state index is -0.306. The maximum absolute atomic E-state index is 13.7. The molecule has 212 valence electrons. The maximum Gasteiger partial charge on any atom is 0.262 e. The van der Waals surface area contributed by atoms with Crippen LogP contribution in [0.3, 0.4) is 0 Å². The predicted molar refractivity (Wildman–Crippen MR) is 151 cm³/mol. The first-order valence-electron chi connectivity index (χ1n) is 13.4. The molecule has 6 rings (SSSR count). The van der Waals surface area contributed by atoms with Gasteiger partial charge < -0.3 is 24.3 Å². The van der Waals surface area contributed by atoms with E-state index in [2.05, 4.69) is 5.32 Å². The van der Waals surface area contributed by atoms with Crippen molar-refractivity contribution in [2.24, 2.45) is 0 Å². The summed E-state index contributed by atoms with van der Waals surface area (Å²) in [5.41, 5.74) is 2.10. The molecule has 9 nitrogen and oxygen atoms in total. The number of fused-ring (bicyclic) bond motifs is 3. The molecular weight excluding hydrogens is 549 g/mol. The first kappa shape index (κ1) is 26.9. The number of carbonyl (C=O) groups is 1. The van der Waals surface area contributed by atoms with Crippen LogP contribution in [-0.2, 0) is 23.6 Å². The predicted octanol–water partition coefficient (Wildman–Crippen LogP) is 5.16. The Morgan fingerprint density at radius 2 is 1.68 bits per heavy atom. The van der Waals surface area contributed by atoms with Gasteiger partial charge in [-0.1, -0.05) is 36.4 Å². The van der Waals surface area contributed by atoms with Crippen molar-refractivity contribution in [1.29, 1.82) is 0 Å². The van der Waals surface area contributed by atoms with Crippen molar-refractivity contribution in [3.63, 3.8) is 0 Å². The summed E-state index contributed by atoms with van der Waals surface area (Å²) in [4.78, 5) is 30.7. The van der Waals surface area contributed by atoms with Crippen LogP contribution >= 0.6 is 11.8 Å². The Morgan fingerprint density at radius 3 is 2.51 bits per heavy atom. The first-order chi connectivity index (χ1) is 20.0. The van der Waals surface area contributed by atoms with Crippen molar-refractivity contribution >= 4 is 28.6 Å². The number of aromatic nitrogens is 2. The zero-order valence-corrected chi connectivity index (χ0v) is 23.0. The van der Waals surface area contributed by atoms with Gasteiger partial charge in [0.05, 0.1) is 10.9 Å². The topological polar surface area (TPSA) is 101 Å². The fourth-order valence-corrected chi connectivity index (χ4v) is 5.71. The minimum absolute atomic E-state index is 0.0328. The Labute approximate surface area is 239 Å². The molecule has 0 spiro atoms. The van der Waals surface area contributed by atoms with Gasteiger partial charge in [-0.2, -0.15) is 0 Å². The smallest absolute Gasteiger partial charge is 0.262 e. The summed E-state index contributed by atoms with van der Waals surface area (Å²) in [6.07, 6.45) is 2.53. The number of thioether (sulfide) groups is 1. The average molecular weight is 578 g/mol. The molecule has 0 atom stereocenters. The molecule has 4 aromatic rings. The largest absolute Gasteiger partial charge is 0.454 e. The van der Waals surface area contributed by atoms with Crippen LogP contribution in [0.4, 0.5) is 4.39 Å². The number of unbranched alkanes of at least 4 members (excludes halogenated alkanes) is 2. The summed E-state index contributed by atoms with van der Waals surface area (Å²) in [6.45, 7) is 1.18. The molecule has 41 heavy (non-hydrogen) atoms. The Bertz CT molecular complexity index is 1660. The van der Waals surface area contributed by atoms with Gasteiger partial charge >= 0.3 is 0 Å². The standard InChI is InChI=1S/C30H28FN3O6S/c31-21-6-4-5-20(11-21)16-41-30-33-23-14-27-26(39-18-40-27)13-22(23)29(36)34(30)10-3-1-2-7-28(35)32-15-19-8-9-24-25(12-19)38-17-37-24/h4-6,8-9,11-14H,1-3,7,10,15-18H2,(H,32,35). The van der Waals surface area contributed by atoms with Crippen molar-refractivity contribution < 1.29 is 28.1 Å². The molecule has 0 radical (unpaired) electrons. The first-order valence-corrected chi connectivity index (χ1v) is 14.4. The van der Waals surface area contributed by atoms with Crippen LogP contribution in [0.15, 0.2) is 64.5 Å². The zero-order valence-electron chi connectivity index (χ0n) is 22.2. The molecule has 1 N–H and O–H groups in total. The second-order valence-electron chi connectivity index (χ2n) is 9.77. The van der Waals surface area contributed by atoms with Gasteiger partial charge in [0.15, 0.2) is 28.2 Å². The van der Waals surface area contributed by atoms with E-state index in [0.29, 0.717) is 77.2 Å². The Hall–Kier alpha value is -4.25. The van der Waals surface area contributed by atoms with E-state index in [1.54, 1.807) is 22.8 Å². The lowest BCUT2D eigenvalue weighted by Crippen LogP contribution is -2.24. The van der Waals surface area contributed by atoms with Crippen molar-refractivity contribution in [3.8, 4) is 23.0 Å². The number of rotatable bonds is 11. The highest BCUT2D eigenvalue weighted by atomic mass is 32.2. The summed E-state index contributed by atoms with van der Waals surface area (Å²) >= 11 is 1.38. The molecule has 2 aliphatic rings. The molecule has 0 bridgehead atoms. The number of carbonyl (C=O) groups excluding carboxylic acids is 1. The molecule has 11 heteroatoms. The fraction of sp³-hybridized carbons (Fsp3) is 0.300. The molecule has 0 saturated heterocycles.